The number of likely N-dealkylation sites (tertiary alicyclic amines) is 1. The quantitative estimate of drug-likeness (QED) is 0.772. The molecule has 0 aromatic rings. The highest BCUT2D eigenvalue weighted by Crippen LogP contribution is 2.44. The molecule has 0 aromatic carbocycles. The molecule has 2 rings (SSSR count). The fraction of sp³-hybridized carbons (Fsp3) is 0.800. The van der Waals surface area contributed by atoms with Crippen molar-refractivity contribution in [1.82, 2.24) is 10.2 Å². The van der Waals surface area contributed by atoms with Crippen molar-refractivity contribution in [2.24, 2.45) is 5.41 Å². The van der Waals surface area contributed by atoms with Gasteiger partial charge in [0.25, 0.3) is 0 Å². The fourth-order valence-electron chi connectivity index (χ4n) is 3.40. The summed E-state index contributed by atoms with van der Waals surface area (Å²) in [4.78, 5) is 13.9. The van der Waals surface area contributed by atoms with E-state index in [1.165, 1.54) is 44.9 Å². The Labute approximate surface area is 110 Å². The van der Waals surface area contributed by atoms with Gasteiger partial charge in [0.15, 0.2) is 0 Å². The number of nitrogens with zero attached hydrogens (tertiary/aromatic N) is 1. The topological polar surface area (TPSA) is 32.3 Å². The van der Waals surface area contributed by atoms with Gasteiger partial charge in [0.2, 0.25) is 5.91 Å². The van der Waals surface area contributed by atoms with Gasteiger partial charge in [-0.3, -0.25) is 9.69 Å². The Morgan fingerprint density at radius 3 is 2.44 bits per heavy atom. The van der Waals surface area contributed by atoms with Gasteiger partial charge < -0.3 is 5.32 Å². The van der Waals surface area contributed by atoms with E-state index in [2.05, 4.69) is 16.1 Å². The molecule has 18 heavy (non-hydrogen) atoms. The zero-order valence-electron chi connectivity index (χ0n) is 11.2. The highest BCUT2D eigenvalue weighted by molar-refractivity contribution is 5.78. The van der Waals surface area contributed by atoms with Crippen molar-refractivity contribution in [1.29, 1.82) is 0 Å². The number of hydrogen-bond acceptors (Lipinski definition) is 2. The summed E-state index contributed by atoms with van der Waals surface area (Å²) >= 11 is 0. The van der Waals surface area contributed by atoms with Crippen LogP contribution in [0.1, 0.15) is 44.9 Å². The lowest BCUT2D eigenvalue weighted by Gasteiger charge is -2.44. The zero-order valence-corrected chi connectivity index (χ0v) is 11.2. The van der Waals surface area contributed by atoms with E-state index in [4.69, 9.17) is 6.42 Å². The second kappa shape index (κ2) is 6.24. The van der Waals surface area contributed by atoms with Crippen LogP contribution in [0.5, 0.6) is 0 Å². The summed E-state index contributed by atoms with van der Waals surface area (Å²) in [6.45, 7) is 3.00. The highest BCUT2D eigenvalue weighted by Gasteiger charge is 2.35. The van der Waals surface area contributed by atoms with Crippen LogP contribution in [-0.4, -0.2) is 37.0 Å². The third kappa shape index (κ3) is 3.49. The van der Waals surface area contributed by atoms with Crippen molar-refractivity contribution >= 4 is 5.91 Å². The number of amides is 1. The van der Waals surface area contributed by atoms with E-state index >= 15 is 0 Å². The van der Waals surface area contributed by atoms with Gasteiger partial charge in [0.1, 0.15) is 0 Å². The summed E-state index contributed by atoms with van der Waals surface area (Å²) in [6, 6.07) is 0. The molecular formula is C15H24N2O. The molecule has 3 nitrogen and oxygen atoms in total. The van der Waals surface area contributed by atoms with E-state index in [0.29, 0.717) is 18.5 Å². The smallest absolute Gasteiger partial charge is 0.234 e. The number of terminal acetylenes is 1. The summed E-state index contributed by atoms with van der Waals surface area (Å²) in [7, 11) is 0. The molecule has 0 atom stereocenters. The molecule has 1 N–H and O–H groups in total. The maximum atomic E-state index is 11.6. The largest absolute Gasteiger partial charge is 0.344 e. The molecule has 2 aliphatic rings. The molecule has 0 unspecified atom stereocenters. The van der Waals surface area contributed by atoms with Crippen LogP contribution in [0.3, 0.4) is 0 Å². The van der Waals surface area contributed by atoms with Crippen LogP contribution < -0.4 is 5.32 Å². The van der Waals surface area contributed by atoms with Gasteiger partial charge >= 0.3 is 0 Å². The molecule has 1 saturated heterocycles. The van der Waals surface area contributed by atoms with Gasteiger partial charge in [0, 0.05) is 0 Å². The lowest BCUT2D eigenvalue weighted by molar-refractivity contribution is -0.122. The average molecular weight is 248 g/mol. The SMILES string of the molecule is C#CCNC(=O)CN1CCC2(CCCCC2)CC1. The Bertz CT molecular complexity index is 316. The van der Waals surface area contributed by atoms with Gasteiger partial charge in [-0.2, -0.15) is 0 Å². The molecule has 0 aromatic heterocycles. The Kier molecular flexibility index (Phi) is 4.66. The van der Waals surface area contributed by atoms with E-state index in [9.17, 15) is 4.79 Å². The molecule has 0 radical (unpaired) electrons. The summed E-state index contributed by atoms with van der Waals surface area (Å²) in [5.74, 6) is 2.49. The third-order valence-electron chi connectivity index (χ3n) is 4.59. The molecular weight excluding hydrogens is 224 g/mol. The van der Waals surface area contributed by atoms with Crippen molar-refractivity contribution in [3.63, 3.8) is 0 Å². The van der Waals surface area contributed by atoms with E-state index in [0.717, 1.165) is 13.1 Å². The fourth-order valence-corrected chi connectivity index (χ4v) is 3.40. The second-order valence-electron chi connectivity index (χ2n) is 5.82. The predicted octanol–water partition coefficient (Wildman–Crippen LogP) is 1.78. The standard InChI is InChI=1S/C15H24N2O/c1-2-10-16-14(18)13-17-11-8-15(9-12-17)6-4-3-5-7-15/h1H,3-13H2,(H,16,18). The van der Waals surface area contributed by atoms with Gasteiger partial charge in [-0.1, -0.05) is 25.2 Å². The number of hydrogen-bond donors (Lipinski definition) is 1. The van der Waals surface area contributed by atoms with E-state index in [1.807, 2.05) is 0 Å². The number of carbonyl (C=O) groups is 1. The van der Waals surface area contributed by atoms with E-state index in [-0.39, 0.29) is 5.91 Å². The molecule has 3 heteroatoms. The monoisotopic (exact) mass is 248 g/mol. The van der Waals surface area contributed by atoms with Crippen LogP contribution in [0.15, 0.2) is 0 Å². The maximum absolute atomic E-state index is 11.6. The first-order valence-electron chi connectivity index (χ1n) is 7.17. The average Bonchev–Trinajstić information content (AvgIpc) is 2.40. The Balaban J connectivity index is 1.73. The lowest BCUT2D eigenvalue weighted by atomic mass is 9.68. The molecule has 1 aliphatic heterocycles. The minimum absolute atomic E-state index is 0.0625. The van der Waals surface area contributed by atoms with Gasteiger partial charge in [-0.25, -0.2) is 0 Å². The van der Waals surface area contributed by atoms with Crippen LogP contribution in [-0.2, 0) is 4.79 Å². The molecule has 1 amide bonds. The van der Waals surface area contributed by atoms with Crippen molar-refractivity contribution < 1.29 is 4.79 Å². The zero-order chi connectivity index (χ0) is 12.8. The molecule has 100 valence electrons. The summed E-state index contributed by atoms with van der Waals surface area (Å²) in [5, 5.41) is 2.73. The lowest BCUT2D eigenvalue weighted by Crippen LogP contribution is -2.45. The number of piperidine rings is 1. The summed E-state index contributed by atoms with van der Waals surface area (Å²) in [6.07, 6.45) is 14.7. The number of rotatable bonds is 3. The van der Waals surface area contributed by atoms with Crippen LogP contribution in [0.2, 0.25) is 0 Å². The first-order chi connectivity index (χ1) is 8.74. The Hall–Kier alpha value is -1.01. The first-order valence-corrected chi connectivity index (χ1v) is 7.17. The van der Waals surface area contributed by atoms with E-state index in [1.54, 1.807) is 0 Å². The van der Waals surface area contributed by atoms with Gasteiger partial charge in [-0.05, 0) is 44.2 Å². The summed E-state index contributed by atoms with van der Waals surface area (Å²) in [5.41, 5.74) is 0.615. The van der Waals surface area contributed by atoms with E-state index < -0.39 is 0 Å². The predicted molar refractivity (Wildman–Crippen MR) is 73.0 cm³/mol. The van der Waals surface area contributed by atoms with Gasteiger partial charge in [-0.15, -0.1) is 6.42 Å². The van der Waals surface area contributed by atoms with Crippen molar-refractivity contribution in [3.8, 4) is 12.3 Å². The minimum atomic E-state index is 0.0625. The Morgan fingerprint density at radius 1 is 1.17 bits per heavy atom. The Morgan fingerprint density at radius 2 is 1.83 bits per heavy atom. The number of carbonyl (C=O) groups excluding carboxylic acids is 1. The maximum Gasteiger partial charge on any atom is 0.234 e. The molecule has 1 saturated carbocycles. The molecule has 1 aliphatic carbocycles. The van der Waals surface area contributed by atoms with Gasteiger partial charge in [0.05, 0.1) is 13.1 Å². The van der Waals surface area contributed by atoms with Crippen LogP contribution in [0, 0.1) is 17.8 Å². The highest BCUT2D eigenvalue weighted by atomic mass is 16.2. The molecule has 1 spiro atoms. The van der Waals surface area contributed by atoms with Crippen molar-refractivity contribution in [2.45, 2.75) is 44.9 Å². The van der Waals surface area contributed by atoms with Crippen LogP contribution >= 0.6 is 0 Å². The molecule has 1 heterocycles. The third-order valence-corrected chi connectivity index (χ3v) is 4.59. The first kappa shape index (κ1) is 13.4. The summed E-state index contributed by atoms with van der Waals surface area (Å²) < 4.78 is 0. The number of nitrogens with one attached hydrogen (secondary N) is 1. The van der Waals surface area contributed by atoms with Crippen LogP contribution in [0.25, 0.3) is 0 Å². The minimum Gasteiger partial charge on any atom is -0.344 e. The van der Waals surface area contributed by atoms with Crippen LogP contribution in [0.4, 0.5) is 0 Å². The molecule has 0 bridgehead atoms. The van der Waals surface area contributed by atoms with Crippen molar-refractivity contribution in [2.75, 3.05) is 26.2 Å². The normalized spacial score (nSPS) is 23.5. The second-order valence-corrected chi connectivity index (χ2v) is 5.82. The van der Waals surface area contributed by atoms with Crippen molar-refractivity contribution in [3.05, 3.63) is 0 Å². The molecule has 2 fully saturated rings.